The first-order valence-electron chi connectivity index (χ1n) is 9.45. The van der Waals surface area contributed by atoms with Crippen LogP contribution in [0.15, 0.2) is 58.9 Å². The molecule has 0 saturated heterocycles. The summed E-state index contributed by atoms with van der Waals surface area (Å²) in [5.74, 6) is 0.705. The fraction of sp³-hybridized carbons (Fsp3) is 0.0909. The van der Waals surface area contributed by atoms with Gasteiger partial charge in [-0.3, -0.25) is 14.9 Å². The predicted octanol–water partition coefficient (Wildman–Crippen LogP) is 7.06. The summed E-state index contributed by atoms with van der Waals surface area (Å²) in [7, 11) is 1.53. The van der Waals surface area contributed by atoms with E-state index in [0.717, 1.165) is 14.6 Å². The fourth-order valence-electron chi connectivity index (χ4n) is 3.05. The van der Waals surface area contributed by atoms with Crippen LogP contribution >= 0.6 is 46.3 Å². The number of fused-ring (bicyclic) bond motifs is 1. The summed E-state index contributed by atoms with van der Waals surface area (Å²) < 4.78 is 7.01. The highest BCUT2D eigenvalue weighted by Gasteiger charge is 2.14. The van der Waals surface area contributed by atoms with E-state index >= 15 is 0 Å². The van der Waals surface area contributed by atoms with Crippen LogP contribution in [-0.4, -0.2) is 22.9 Å². The zero-order valence-corrected chi connectivity index (χ0v) is 20.1. The molecular weight excluding hydrogens is 505 g/mol. The van der Waals surface area contributed by atoms with Crippen LogP contribution in [0.5, 0.6) is 5.75 Å². The number of non-ortho nitro benzene ring substituents is 1. The molecule has 33 heavy (non-hydrogen) atoms. The lowest BCUT2D eigenvalue weighted by Gasteiger charge is -2.07. The lowest BCUT2D eigenvalue weighted by atomic mass is 10.2. The SMILES string of the molecule is COc1ccc([N+](=O)[O-])cc1CSc1nc2ccc(NC(=O)c3ccc(Cl)cc3Cl)cc2s1. The number of anilines is 1. The first kappa shape index (κ1) is 23.3. The molecule has 7 nitrogen and oxygen atoms in total. The summed E-state index contributed by atoms with van der Waals surface area (Å²) in [5, 5.41) is 14.6. The number of nitro groups is 1. The number of aromatic nitrogens is 1. The Kier molecular flexibility index (Phi) is 7.04. The van der Waals surface area contributed by atoms with Crippen LogP contribution in [0.1, 0.15) is 15.9 Å². The summed E-state index contributed by atoms with van der Waals surface area (Å²) in [5.41, 5.74) is 2.45. The maximum atomic E-state index is 12.6. The van der Waals surface area contributed by atoms with E-state index in [4.69, 9.17) is 27.9 Å². The molecule has 0 atom stereocenters. The van der Waals surface area contributed by atoms with Crippen molar-refractivity contribution in [3.63, 3.8) is 0 Å². The number of nitrogens with one attached hydrogen (secondary N) is 1. The quantitative estimate of drug-likeness (QED) is 0.159. The molecule has 0 aliphatic rings. The number of benzene rings is 3. The molecular formula is C22H15Cl2N3O4S2. The Bertz CT molecular complexity index is 1380. The molecule has 0 bridgehead atoms. The standard InChI is InChI=1S/C22H15Cl2N3O4S2/c1-31-19-7-4-15(27(29)30)8-12(19)11-32-22-26-18-6-3-14(10-20(18)33-22)25-21(28)16-5-2-13(23)9-17(16)24/h2-10H,11H2,1H3,(H,25,28). The lowest BCUT2D eigenvalue weighted by Crippen LogP contribution is -2.12. The second-order valence-electron chi connectivity index (χ2n) is 6.78. The van der Waals surface area contributed by atoms with Crippen molar-refractivity contribution in [2.24, 2.45) is 0 Å². The second-order valence-corrected chi connectivity index (χ2v) is 9.88. The number of thioether (sulfide) groups is 1. The van der Waals surface area contributed by atoms with Gasteiger partial charge in [0.25, 0.3) is 11.6 Å². The first-order chi connectivity index (χ1) is 15.8. The topological polar surface area (TPSA) is 94.4 Å². The highest BCUT2D eigenvalue weighted by Crippen LogP contribution is 2.35. The Morgan fingerprint density at radius 2 is 2.00 bits per heavy atom. The number of amides is 1. The van der Waals surface area contributed by atoms with Crippen molar-refractivity contribution in [1.82, 2.24) is 4.98 Å². The summed E-state index contributed by atoms with van der Waals surface area (Å²) in [6.07, 6.45) is 0. The van der Waals surface area contributed by atoms with Crippen molar-refractivity contribution in [2.45, 2.75) is 10.1 Å². The third-order valence-corrected chi connectivity index (χ3v) is 7.39. The van der Waals surface area contributed by atoms with E-state index in [1.165, 1.54) is 48.4 Å². The molecule has 0 saturated carbocycles. The van der Waals surface area contributed by atoms with Gasteiger partial charge in [0.15, 0.2) is 4.34 Å². The van der Waals surface area contributed by atoms with Crippen LogP contribution in [-0.2, 0) is 5.75 Å². The van der Waals surface area contributed by atoms with Crippen molar-refractivity contribution < 1.29 is 14.5 Å². The number of nitro benzene ring substituents is 1. The largest absolute Gasteiger partial charge is 0.496 e. The minimum atomic E-state index is -0.432. The highest BCUT2D eigenvalue weighted by molar-refractivity contribution is 8.00. The summed E-state index contributed by atoms with van der Waals surface area (Å²) in [6.45, 7) is 0. The Hall–Kier alpha value is -2.85. The Balaban J connectivity index is 1.50. The molecule has 0 radical (unpaired) electrons. The van der Waals surface area contributed by atoms with Gasteiger partial charge >= 0.3 is 0 Å². The molecule has 0 aliphatic carbocycles. The number of nitrogens with zero attached hydrogens (tertiary/aromatic N) is 2. The number of rotatable bonds is 7. The van der Waals surface area contributed by atoms with Gasteiger partial charge in [-0.15, -0.1) is 11.3 Å². The molecule has 11 heteroatoms. The lowest BCUT2D eigenvalue weighted by molar-refractivity contribution is -0.384. The van der Waals surface area contributed by atoms with Crippen LogP contribution in [0, 0.1) is 10.1 Å². The average Bonchev–Trinajstić information content (AvgIpc) is 3.19. The molecule has 1 aromatic heterocycles. The van der Waals surface area contributed by atoms with Gasteiger partial charge in [0.2, 0.25) is 0 Å². The number of hydrogen-bond acceptors (Lipinski definition) is 7. The number of ether oxygens (including phenoxy) is 1. The number of carbonyl (C=O) groups is 1. The van der Waals surface area contributed by atoms with Gasteiger partial charge in [0.1, 0.15) is 5.75 Å². The van der Waals surface area contributed by atoms with E-state index in [0.29, 0.717) is 33.3 Å². The van der Waals surface area contributed by atoms with Gasteiger partial charge in [-0.1, -0.05) is 35.0 Å². The first-order valence-corrected chi connectivity index (χ1v) is 12.0. The summed E-state index contributed by atoms with van der Waals surface area (Å²) in [6, 6.07) is 14.6. The van der Waals surface area contributed by atoms with E-state index in [2.05, 4.69) is 10.3 Å². The Labute approximate surface area is 206 Å². The molecule has 0 unspecified atom stereocenters. The third kappa shape index (κ3) is 5.39. The van der Waals surface area contributed by atoms with Gasteiger partial charge in [0, 0.05) is 34.2 Å². The number of carbonyl (C=O) groups excluding carboxylic acids is 1. The zero-order valence-electron chi connectivity index (χ0n) is 17.0. The maximum absolute atomic E-state index is 12.6. The molecule has 1 heterocycles. The molecule has 168 valence electrons. The fourth-order valence-corrected chi connectivity index (χ4v) is 5.63. The third-order valence-electron chi connectivity index (χ3n) is 4.63. The van der Waals surface area contributed by atoms with Crippen LogP contribution in [0.2, 0.25) is 10.0 Å². The van der Waals surface area contributed by atoms with Crippen molar-refractivity contribution in [3.05, 3.63) is 85.9 Å². The van der Waals surface area contributed by atoms with Gasteiger partial charge in [-0.05, 0) is 42.5 Å². The molecule has 0 spiro atoms. The Morgan fingerprint density at radius 1 is 1.18 bits per heavy atom. The minimum absolute atomic E-state index is 0.0110. The van der Waals surface area contributed by atoms with Gasteiger partial charge < -0.3 is 10.1 Å². The molecule has 1 N–H and O–H groups in total. The van der Waals surface area contributed by atoms with Gasteiger partial charge in [-0.2, -0.15) is 0 Å². The van der Waals surface area contributed by atoms with Crippen LogP contribution < -0.4 is 10.1 Å². The smallest absolute Gasteiger partial charge is 0.270 e. The molecule has 4 aromatic rings. The molecule has 1 amide bonds. The second kappa shape index (κ2) is 9.96. The van der Waals surface area contributed by atoms with Crippen molar-refractivity contribution in [1.29, 1.82) is 0 Å². The minimum Gasteiger partial charge on any atom is -0.496 e. The van der Waals surface area contributed by atoms with Gasteiger partial charge in [-0.25, -0.2) is 4.98 Å². The molecule has 0 aliphatic heterocycles. The predicted molar refractivity (Wildman–Crippen MR) is 133 cm³/mol. The summed E-state index contributed by atoms with van der Waals surface area (Å²) >= 11 is 14.9. The molecule has 4 rings (SSSR count). The zero-order chi connectivity index (χ0) is 23.5. The highest BCUT2D eigenvalue weighted by atomic mass is 35.5. The number of halogens is 2. The van der Waals surface area contributed by atoms with Crippen molar-refractivity contribution >= 4 is 73.8 Å². The van der Waals surface area contributed by atoms with Crippen molar-refractivity contribution in [2.75, 3.05) is 12.4 Å². The van der Waals surface area contributed by atoms with Gasteiger partial charge in [0.05, 0.1) is 32.8 Å². The van der Waals surface area contributed by atoms with E-state index < -0.39 is 4.92 Å². The maximum Gasteiger partial charge on any atom is 0.270 e. The summed E-state index contributed by atoms with van der Waals surface area (Å²) in [4.78, 5) is 27.8. The number of methoxy groups -OCH3 is 1. The number of thiazole rings is 1. The average molecular weight is 520 g/mol. The number of hydrogen-bond donors (Lipinski definition) is 1. The molecule has 3 aromatic carbocycles. The monoisotopic (exact) mass is 519 g/mol. The normalized spacial score (nSPS) is 10.9. The van der Waals surface area contributed by atoms with Crippen LogP contribution in [0.3, 0.4) is 0 Å². The Morgan fingerprint density at radius 3 is 2.73 bits per heavy atom. The van der Waals surface area contributed by atoms with Crippen LogP contribution in [0.25, 0.3) is 10.2 Å². The van der Waals surface area contributed by atoms with E-state index in [9.17, 15) is 14.9 Å². The van der Waals surface area contributed by atoms with E-state index in [1.54, 1.807) is 24.3 Å². The van der Waals surface area contributed by atoms with Crippen molar-refractivity contribution in [3.8, 4) is 5.75 Å². The van der Waals surface area contributed by atoms with E-state index in [-0.39, 0.29) is 16.6 Å². The van der Waals surface area contributed by atoms with Crippen LogP contribution in [0.4, 0.5) is 11.4 Å². The van der Waals surface area contributed by atoms with E-state index in [1.807, 2.05) is 12.1 Å². The molecule has 0 fully saturated rings.